The van der Waals surface area contributed by atoms with E-state index in [0.29, 0.717) is 5.02 Å². The topological polar surface area (TPSA) is 104 Å². The van der Waals surface area contributed by atoms with E-state index in [0.717, 1.165) is 10.5 Å². The van der Waals surface area contributed by atoms with Crippen LogP contribution in [0, 0.1) is 46.8 Å². The summed E-state index contributed by atoms with van der Waals surface area (Å²) < 4.78 is 79.7. The lowest BCUT2D eigenvalue weighted by Gasteiger charge is -2.50. The highest BCUT2D eigenvalue weighted by Gasteiger charge is 2.77. The number of imide groups is 2. The Balaban J connectivity index is 1.28. The van der Waals surface area contributed by atoms with Gasteiger partial charge < -0.3 is 9.84 Å². The maximum Gasteiger partial charge on any atom is 0.258 e. The molecule has 1 saturated carbocycles. The van der Waals surface area contributed by atoms with Crippen LogP contribution in [0.5, 0.6) is 11.5 Å². The lowest BCUT2D eigenvalue weighted by atomic mass is 9.56. The first-order valence-corrected chi connectivity index (χ1v) is 17.9. The number of ether oxygens (including phenoxy) is 1. The largest absolute Gasteiger partial charge is 0.508 e. The number of carbonyl (C=O) groups is 4. The Morgan fingerprint density at radius 3 is 2.04 bits per heavy atom. The number of aromatic hydroxyl groups is 1. The van der Waals surface area contributed by atoms with Gasteiger partial charge in [-0.05, 0) is 54.7 Å². The molecule has 282 valence electrons. The number of phenolic OH excluding ortho intramolecular Hbond substituents is 1. The molecule has 4 aromatic carbocycles. The van der Waals surface area contributed by atoms with Crippen LogP contribution in [0.25, 0.3) is 0 Å². The van der Waals surface area contributed by atoms with Crippen molar-refractivity contribution in [2.24, 2.45) is 17.8 Å². The predicted octanol–water partition coefficient (Wildman–Crippen LogP) is 8.09. The van der Waals surface area contributed by atoms with Crippen molar-refractivity contribution >= 4 is 69.8 Å². The standard InChI is InChI=1S/C39H24Cl3F5N2O6/c40-18-6-8-19(9-7-18)48-34(51)23-13-12-21-24(26(23)35(48)52)15-38(41)36(53)49(33-31(46)29(44)28(43)30(45)32(33)47)37(54)39(38,42)27(21)22-11-10-20(14-25(22)50)55-16-17-4-2-1-3-5-17/h1-12,14,23-24,26-27,50H,13,15-16H2. The van der Waals surface area contributed by atoms with Crippen molar-refractivity contribution in [3.63, 3.8) is 0 Å². The molecule has 8 rings (SSSR count). The van der Waals surface area contributed by atoms with Crippen molar-refractivity contribution in [2.45, 2.75) is 35.1 Å². The predicted molar refractivity (Wildman–Crippen MR) is 189 cm³/mol. The van der Waals surface area contributed by atoms with Gasteiger partial charge in [0, 0.05) is 22.6 Å². The molecule has 1 N–H and O–H groups in total. The third-order valence-corrected chi connectivity index (χ3v) is 12.5. The van der Waals surface area contributed by atoms with E-state index < -0.39 is 104 Å². The third kappa shape index (κ3) is 5.23. The van der Waals surface area contributed by atoms with Crippen LogP contribution >= 0.6 is 34.8 Å². The molecule has 55 heavy (non-hydrogen) atoms. The first-order valence-electron chi connectivity index (χ1n) is 16.7. The van der Waals surface area contributed by atoms with Crippen molar-refractivity contribution in [1.82, 2.24) is 0 Å². The van der Waals surface area contributed by atoms with Gasteiger partial charge >= 0.3 is 0 Å². The highest BCUT2D eigenvalue weighted by molar-refractivity contribution is 6.58. The average Bonchev–Trinajstić information content (AvgIpc) is 3.51. The molecule has 0 bridgehead atoms. The molecule has 4 aliphatic rings. The molecule has 2 aliphatic carbocycles. The van der Waals surface area contributed by atoms with Crippen LogP contribution < -0.4 is 14.5 Å². The minimum absolute atomic E-state index is 0.0769. The number of carbonyl (C=O) groups excluding carboxylic acids is 4. The summed E-state index contributed by atoms with van der Waals surface area (Å²) in [7, 11) is 0. The molecule has 6 atom stereocenters. The van der Waals surface area contributed by atoms with Crippen LogP contribution in [0.4, 0.5) is 33.3 Å². The fourth-order valence-corrected chi connectivity index (χ4v) is 9.41. The second-order valence-electron chi connectivity index (χ2n) is 13.7. The van der Waals surface area contributed by atoms with E-state index in [-0.39, 0.29) is 40.5 Å². The van der Waals surface area contributed by atoms with E-state index in [1.165, 1.54) is 48.5 Å². The zero-order valence-electron chi connectivity index (χ0n) is 27.8. The fourth-order valence-electron chi connectivity index (χ4n) is 8.36. The van der Waals surface area contributed by atoms with Gasteiger partial charge in [-0.25, -0.2) is 26.9 Å². The molecule has 8 nitrogen and oxygen atoms in total. The Kier molecular flexibility index (Phi) is 8.78. The van der Waals surface area contributed by atoms with Gasteiger partial charge in [-0.15, -0.1) is 23.2 Å². The van der Waals surface area contributed by atoms with Crippen molar-refractivity contribution < 1.29 is 51.0 Å². The number of halogens is 8. The Morgan fingerprint density at radius 1 is 0.764 bits per heavy atom. The molecule has 2 saturated heterocycles. The van der Waals surface area contributed by atoms with Crippen molar-refractivity contribution in [2.75, 3.05) is 9.80 Å². The third-order valence-electron chi connectivity index (χ3n) is 10.9. The second kappa shape index (κ2) is 13.1. The minimum Gasteiger partial charge on any atom is -0.508 e. The highest BCUT2D eigenvalue weighted by atomic mass is 35.5. The molecule has 4 amide bonds. The fraction of sp³-hybridized carbons (Fsp3) is 0.231. The van der Waals surface area contributed by atoms with E-state index in [1.807, 2.05) is 6.07 Å². The molecular weight excluding hydrogens is 794 g/mol. The molecule has 4 aromatic rings. The van der Waals surface area contributed by atoms with Crippen molar-refractivity contribution in [1.29, 1.82) is 0 Å². The van der Waals surface area contributed by atoms with Gasteiger partial charge in [0.05, 0.1) is 17.5 Å². The molecule has 2 aliphatic heterocycles. The lowest BCUT2D eigenvalue weighted by molar-refractivity contribution is -0.125. The number of benzene rings is 4. The molecule has 0 spiro atoms. The van der Waals surface area contributed by atoms with Gasteiger partial charge in [-0.1, -0.05) is 59.6 Å². The van der Waals surface area contributed by atoms with Gasteiger partial charge in [0.15, 0.2) is 33.0 Å². The number of alkyl halides is 2. The summed E-state index contributed by atoms with van der Waals surface area (Å²) in [6.07, 6.45) is 0.767. The normalized spacial score (nSPS) is 27.2. The Labute approximate surface area is 323 Å². The average molecular weight is 818 g/mol. The van der Waals surface area contributed by atoms with Crippen LogP contribution in [-0.4, -0.2) is 38.5 Å². The molecule has 6 unspecified atom stereocenters. The van der Waals surface area contributed by atoms with Gasteiger partial charge in [0.25, 0.3) is 11.8 Å². The van der Waals surface area contributed by atoms with E-state index >= 15 is 8.78 Å². The zero-order chi connectivity index (χ0) is 39.3. The number of anilines is 2. The lowest BCUT2D eigenvalue weighted by Crippen LogP contribution is -2.60. The van der Waals surface area contributed by atoms with E-state index in [2.05, 4.69) is 0 Å². The molecule has 3 fully saturated rings. The van der Waals surface area contributed by atoms with Gasteiger partial charge in [0.1, 0.15) is 23.8 Å². The number of hydrogen-bond donors (Lipinski definition) is 1. The maximum atomic E-state index is 15.3. The van der Waals surface area contributed by atoms with E-state index in [9.17, 15) is 37.5 Å². The molecule has 0 aromatic heterocycles. The number of fused-ring (bicyclic) bond motifs is 4. The van der Waals surface area contributed by atoms with Crippen LogP contribution in [0.15, 0.2) is 84.4 Å². The number of allylic oxidation sites excluding steroid dienone is 2. The quantitative estimate of drug-likeness (QED) is 0.0527. The maximum absolute atomic E-state index is 15.3. The molecular formula is C39H24Cl3F5N2O6. The van der Waals surface area contributed by atoms with Gasteiger partial charge in [-0.2, -0.15) is 0 Å². The van der Waals surface area contributed by atoms with Crippen molar-refractivity contribution in [3.05, 3.63) is 130 Å². The molecule has 0 radical (unpaired) electrons. The second-order valence-corrected chi connectivity index (χ2v) is 15.4. The summed E-state index contributed by atoms with van der Waals surface area (Å²) in [6, 6.07) is 18.8. The number of nitrogens with zero attached hydrogens (tertiary/aromatic N) is 2. The summed E-state index contributed by atoms with van der Waals surface area (Å²) in [6.45, 7) is 0.0910. The van der Waals surface area contributed by atoms with Crippen LogP contribution in [0.3, 0.4) is 0 Å². The van der Waals surface area contributed by atoms with Crippen LogP contribution in [0.1, 0.15) is 29.9 Å². The van der Waals surface area contributed by atoms with Crippen molar-refractivity contribution in [3.8, 4) is 11.5 Å². The van der Waals surface area contributed by atoms with Crippen LogP contribution in [0.2, 0.25) is 5.02 Å². The number of rotatable bonds is 6. The molecule has 2 heterocycles. The summed E-state index contributed by atoms with van der Waals surface area (Å²) in [5.41, 5.74) is -0.873. The van der Waals surface area contributed by atoms with Gasteiger partial charge in [0.2, 0.25) is 17.6 Å². The Hall–Kier alpha value is -4.98. The van der Waals surface area contributed by atoms with E-state index in [1.54, 1.807) is 24.3 Å². The summed E-state index contributed by atoms with van der Waals surface area (Å²) in [5, 5.41) is 11.9. The van der Waals surface area contributed by atoms with Gasteiger partial charge in [-0.3, -0.25) is 24.1 Å². The first-order chi connectivity index (χ1) is 26.1. The van der Waals surface area contributed by atoms with Crippen LogP contribution in [-0.2, 0) is 25.8 Å². The first kappa shape index (κ1) is 37.0. The zero-order valence-corrected chi connectivity index (χ0v) is 30.1. The smallest absolute Gasteiger partial charge is 0.258 e. The molecule has 16 heteroatoms. The summed E-state index contributed by atoms with van der Waals surface area (Å²) >= 11 is 20.4. The Morgan fingerprint density at radius 2 is 1.40 bits per heavy atom. The monoisotopic (exact) mass is 816 g/mol. The number of hydrogen-bond acceptors (Lipinski definition) is 6. The number of amides is 4. The summed E-state index contributed by atoms with van der Waals surface area (Å²) in [5.74, 6) is -22.4. The Bertz CT molecular complexity index is 2350. The number of phenols is 1. The summed E-state index contributed by atoms with van der Waals surface area (Å²) in [4.78, 5) is 52.2. The van der Waals surface area contributed by atoms with E-state index in [4.69, 9.17) is 39.5 Å². The minimum atomic E-state index is -2.80. The SMILES string of the molecule is O=C1C2CC=C3C(CC4(Cl)C(=O)N(c5c(F)c(F)c(F)c(F)c5F)C(=O)C4(Cl)C3c3ccc(OCc4ccccc4)cc3O)C2C(=O)N1c1ccc(Cl)cc1. The highest BCUT2D eigenvalue weighted by Crippen LogP contribution is 2.67.